The predicted molar refractivity (Wildman–Crippen MR) is 95.5 cm³/mol. The van der Waals surface area contributed by atoms with Crippen LogP contribution in [0.25, 0.3) is 10.8 Å². The van der Waals surface area contributed by atoms with Crippen molar-refractivity contribution in [3.63, 3.8) is 0 Å². The Balaban J connectivity index is 1.63. The van der Waals surface area contributed by atoms with Crippen molar-refractivity contribution in [1.29, 1.82) is 0 Å². The number of thiazole rings is 1. The highest BCUT2D eigenvalue weighted by Gasteiger charge is 2.17. The monoisotopic (exact) mass is 360 g/mol. The second-order valence-corrected chi connectivity index (χ2v) is 7.23. The highest BCUT2D eigenvalue weighted by Crippen LogP contribution is 2.30. The fraction of sp³-hybridized carbons (Fsp3) is 0.250. The molecule has 1 aromatic carbocycles. The number of anilines is 1. The Kier molecular flexibility index (Phi) is 4.96. The summed E-state index contributed by atoms with van der Waals surface area (Å²) in [5, 5.41) is 9.38. The number of hydrogen-bond acceptors (Lipinski definition) is 7. The lowest BCUT2D eigenvalue weighted by Gasteiger charge is -2.16. The molecule has 124 valence electrons. The van der Waals surface area contributed by atoms with Gasteiger partial charge in [-0.25, -0.2) is 4.98 Å². The number of aromatic nitrogens is 3. The van der Waals surface area contributed by atoms with Gasteiger partial charge in [0, 0.05) is 12.7 Å². The van der Waals surface area contributed by atoms with Crippen molar-refractivity contribution in [2.75, 3.05) is 17.7 Å². The maximum atomic E-state index is 12.3. The number of nitrogens with zero attached hydrogens (tertiary/aromatic N) is 4. The Morgan fingerprint density at radius 1 is 1.25 bits per heavy atom. The van der Waals surface area contributed by atoms with Gasteiger partial charge in [0.1, 0.15) is 4.88 Å². The van der Waals surface area contributed by atoms with E-state index in [9.17, 15) is 4.79 Å². The molecular formula is C16H16N4O2S2. The van der Waals surface area contributed by atoms with Crippen molar-refractivity contribution in [2.45, 2.75) is 19.1 Å². The van der Waals surface area contributed by atoms with Crippen LogP contribution in [0.1, 0.15) is 10.7 Å². The molecule has 0 aliphatic rings. The lowest BCUT2D eigenvalue weighted by atomic mass is 10.3. The third-order valence-corrected chi connectivity index (χ3v) is 5.21. The number of para-hydroxylation sites is 1. The van der Waals surface area contributed by atoms with E-state index in [1.165, 1.54) is 23.1 Å². The van der Waals surface area contributed by atoms with Crippen LogP contribution in [0.3, 0.4) is 0 Å². The van der Waals surface area contributed by atoms with Gasteiger partial charge < -0.3 is 9.32 Å². The topological polar surface area (TPSA) is 72.1 Å². The third kappa shape index (κ3) is 3.65. The van der Waals surface area contributed by atoms with Gasteiger partial charge in [-0.05, 0) is 26.0 Å². The number of amides is 1. The third-order valence-electron chi connectivity index (χ3n) is 3.34. The Bertz CT molecular complexity index is 845. The van der Waals surface area contributed by atoms with Gasteiger partial charge in [0.05, 0.1) is 16.5 Å². The second-order valence-electron chi connectivity index (χ2n) is 5.10. The molecule has 0 unspecified atom stereocenters. The molecule has 0 radical (unpaired) electrons. The average Bonchev–Trinajstić information content (AvgIpc) is 3.18. The molecule has 8 heteroatoms. The van der Waals surface area contributed by atoms with Gasteiger partial charge in [0.15, 0.2) is 0 Å². The minimum Gasteiger partial charge on any atom is -0.410 e. The van der Waals surface area contributed by atoms with Crippen molar-refractivity contribution in [3.05, 3.63) is 41.0 Å². The van der Waals surface area contributed by atoms with Crippen LogP contribution in [-0.2, 0) is 4.79 Å². The number of benzene rings is 1. The highest BCUT2D eigenvalue weighted by atomic mass is 32.2. The summed E-state index contributed by atoms with van der Waals surface area (Å²) >= 11 is 2.75. The number of carbonyl (C=O) groups is 1. The molecule has 0 aliphatic carbocycles. The van der Waals surface area contributed by atoms with Crippen LogP contribution >= 0.6 is 23.1 Å². The number of carbonyl (C=O) groups excluding carboxylic acids is 1. The Hall–Kier alpha value is -2.19. The fourth-order valence-corrected chi connectivity index (χ4v) is 3.62. The van der Waals surface area contributed by atoms with E-state index in [1.807, 2.05) is 44.2 Å². The van der Waals surface area contributed by atoms with Gasteiger partial charge in [0.25, 0.3) is 11.1 Å². The van der Waals surface area contributed by atoms with E-state index in [0.29, 0.717) is 11.1 Å². The molecule has 0 fully saturated rings. The fourth-order valence-electron chi connectivity index (χ4n) is 2.11. The first kappa shape index (κ1) is 16.7. The van der Waals surface area contributed by atoms with Crippen molar-refractivity contribution in [2.24, 2.45) is 0 Å². The van der Waals surface area contributed by atoms with E-state index in [0.717, 1.165) is 21.3 Å². The standard InChI is InChI=1S/C16H16N4O2S2/c1-10-14(24-11(2)17-10)15-18-19-16(22-15)23-9-13(21)20(3)12-7-5-4-6-8-12/h4-8H,9H2,1-3H3. The molecule has 24 heavy (non-hydrogen) atoms. The van der Waals surface area contributed by atoms with E-state index < -0.39 is 0 Å². The van der Waals surface area contributed by atoms with Crippen molar-refractivity contribution >= 4 is 34.7 Å². The van der Waals surface area contributed by atoms with Gasteiger partial charge in [-0.1, -0.05) is 30.0 Å². The van der Waals surface area contributed by atoms with Crippen molar-refractivity contribution in [1.82, 2.24) is 15.2 Å². The maximum Gasteiger partial charge on any atom is 0.277 e. The molecule has 3 rings (SSSR count). The summed E-state index contributed by atoms with van der Waals surface area (Å²) in [4.78, 5) is 19.1. The molecule has 1 amide bonds. The first-order valence-corrected chi connectivity index (χ1v) is 9.07. The lowest BCUT2D eigenvalue weighted by Crippen LogP contribution is -2.27. The first-order chi connectivity index (χ1) is 11.5. The van der Waals surface area contributed by atoms with Crippen LogP contribution in [0.5, 0.6) is 0 Å². The summed E-state index contributed by atoms with van der Waals surface area (Å²) < 4.78 is 5.64. The lowest BCUT2D eigenvalue weighted by molar-refractivity contribution is -0.115. The van der Waals surface area contributed by atoms with Crippen molar-refractivity contribution < 1.29 is 9.21 Å². The number of hydrogen-bond donors (Lipinski definition) is 0. The molecule has 0 bridgehead atoms. The van der Waals surface area contributed by atoms with E-state index in [4.69, 9.17) is 4.42 Å². The molecule has 0 saturated carbocycles. The summed E-state index contributed by atoms with van der Waals surface area (Å²) in [6, 6.07) is 9.50. The van der Waals surface area contributed by atoms with E-state index in [2.05, 4.69) is 15.2 Å². The summed E-state index contributed by atoms with van der Waals surface area (Å²) in [5.41, 5.74) is 1.72. The Morgan fingerprint density at radius 3 is 2.67 bits per heavy atom. The Labute approximate surface area is 147 Å². The second kappa shape index (κ2) is 7.14. The number of rotatable bonds is 5. The minimum atomic E-state index is -0.0317. The van der Waals surface area contributed by atoms with Crippen molar-refractivity contribution in [3.8, 4) is 10.8 Å². The van der Waals surface area contributed by atoms with Crippen LogP contribution in [0, 0.1) is 13.8 Å². The molecule has 6 nitrogen and oxygen atoms in total. The SMILES string of the molecule is Cc1nc(C)c(-c2nnc(SCC(=O)N(C)c3ccccc3)o2)s1. The van der Waals surface area contributed by atoms with Gasteiger partial charge in [-0.15, -0.1) is 21.5 Å². The van der Waals surface area contributed by atoms with Crippen LogP contribution < -0.4 is 4.90 Å². The van der Waals surface area contributed by atoms with Crippen LogP contribution in [0.4, 0.5) is 5.69 Å². The number of thioether (sulfide) groups is 1. The normalized spacial score (nSPS) is 10.8. The molecule has 0 saturated heterocycles. The molecule has 3 aromatic rings. The zero-order chi connectivity index (χ0) is 17.1. The zero-order valence-electron chi connectivity index (χ0n) is 13.5. The molecule has 0 N–H and O–H groups in total. The Morgan fingerprint density at radius 2 is 2.00 bits per heavy atom. The zero-order valence-corrected chi connectivity index (χ0v) is 15.1. The quantitative estimate of drug-likeness (QED) is 0.648. The molecule has 0 spiro atoms. The highest BCUT2D eigenvalue weighted by molar-refractivity contribution is 7.99. The molecule has 2 aromatic heterocycles. The predicted octanol–water partition coefficient (Wildman–Crippen LogP) is 3.57. The van der Waals surface area contributed by atoms with Gasteiger partial charge in [-0.3, -0.25) is 4.79 Å². The first-order valence-electron chi connectivity index (χ1n) is 7.27. The molecule has 0 aliphatic heterocycles. The maximum absolute atomic E-state index is 12.3. The average molecular weight is 360 g/mol. The van der Waals surface area contributed by atoms with E-state index in [1.54, 1.807) is 11.9 Å². The summed E-state index contributed by atoms with van der Waals surface area (Å²) in [6.45, 7) is 3.85. The molecular weight excluding hydrogens is 344 g/mol. The summed E-state index contributed by atoms with van der Waals surface area (Å²) in [6.07, 6.45) is 0. The number of aryl methyl sites for hydroxylation is 2. The van der Waals surface area contributed by atoms with Crippen LogP contribution in [0.15, 0.2) is 40.0 Å². The van der Waals surface area contributed by atoms with E-state index in [-0.39, 0.29) is 11.7 Å². The largest absolute Gasteiger partial charge is 0.410 e. The molecule has 2 heterocycles. The summed E-state index contributed by atoms with van der Waals surface area (Å²) in [5.74, 6) is 0.647. The van der Waals surface area contributed by atoms with Gasteiger partial charge >= 0.3 is 0 Å². The van der Waals surface area contributed by atoms with Crippen LogP contribution in [-0.4, -0.2) is 33.9 Å². The van der Waals surface area contributed by atoms with E-state index >= 15 is 0 Å². The minimum absolute atomic E-state index is 0.0317. The molecule has 0 atom stereocenters. The smallest absolute Gasteiger partial charge is 0.277 e. The summed E-state index contributed by atoms with van der Waals surface area (Å²) in [7, 11) is 1.75. The van der Waals surface area contributed by atoms with Gasteiger partial charge in [-0.2, -0.15) is 0 Å². The van der Waals surface area contributed by atoms with Crippen LogP contribution in [0.2, 0.25) is 0 Å². The van der Waals surface area contributed by atoms with Gasteiger partial charge in [0.2, 0.25) is 5.91 Å².